The molecule has 0 spiro atoms. The second-order valence-electron chi connectivity index (χ2n) is 15.5. The number of phenolic OH excluding ortho intramolecular Hbond substituents is 1. The molecule has 0 radical (unpaired) electrons. The van der Waals surface area contributed by atoms with Crippen LogP contribution in [0.3, 0.4) is 0 Å². The Balaban J connectivity index is 1.03. The monoisotopic (exact) mass is 936 g/mol. The molecule has 354 valence electrons. The maximum absolute atomic E-state index is 12.7. The predicted molar refractivity (Wildman–Crippen MR) is 222 cm³/mol. The van der Waals surface area contributed by atoms with Crippen molar-refractivity contribution in [1.29, 1.82) is 0 Å². The van der Waals surface area contributed by atoms with Gasteiger partial charge in [0.2, 0.25) is 0 Å². The number of carbonyl (C=O) groups is 1. The molecule has 0 unspecified atom stereocenters. The summed E-state index contributed by atoms with van der Waals surface area (Å²) in [5.41, 5.74) is 1.13. The van der Waals surface area contributed by atoms with E-state index in [1.54, 1.807) is 18.2 Å². The molecule has 0 aromatic heterocycles. The molecule has 3 saturated heterocycles. The van der Waals surface area contributed by atoms with Crippen molar-refractivity contribution in [3.63, 3.8) is 0 Å². The molecule has 1 aliphatic carbocycles. The first-order valence-corrected chi connectivity index (χ1v) is 20.6. The van der Waals surface area contributed by atoms with E-state index in [4.69, 9.17) is 45.1 Å². The summed E-state index contributed by atoms with van der Waals surface area (Å²) >= 11 is 5.43. The lowest BCUT2D eigenvalue weighted by Gasteiger charge is -2.46. The predicted octanol–water partition coefficient (Wildman–Crippen LogP) is -3.28. The third-order valence-corrected chi connectivity index (χ3v) is 11.4. The van der Waals surface area contributed by atoms with Gasteiger partial charge < -0.3 is 105 Å². The number of aromatic hydroxyl groups is 1. The Morgan fingerprint density at radius 2 is 1.32 bits per heavy atom. The number of carboxylic acid groups (broad SMARTS) is 1. The van der Waals surface area contributed by atoms with Gasteiger partial charge in [-0.15, -0.1) is 0 Å². The molecule has 15 atom stereocenters. The molecule has 14 N–H and O–H groups in total. The minimum absolute atomic E-state index is 0.000663. The first kappa shape index (κ1) is 48.4. The molecule has 7 rings (SSSR count). The van der Waals surface area contributed by atoms with Crippen molar-refractivity contribution in [3.05, 3.63) is 70.4 Å². The van der Waals surface area contributed by atoms with Gasteiger partial charge in [0.25, 0.3) is 0 Å². The normalized spacial score (nSPS) is 32.9. The number of thiocarbonyl (C=S) groups is 1. The van der Waals surface area contributed by atoms with Gasteiger partial charge in [-0.05, 0) is 54.2 Å². The summed E-state index contributed by atoms with van der Waals surface area (Å²) in [6.45, 7) is -2.57. The minimum atomic E-state index is -1.93. The molecule has 2 aromatic rings. The number of nitrogens with one attached hydrogen (secondary N) is 2. The standard InChI is InChI=1S/C41H48N2O21S/c44-12-24-28(48)31(51)33(53)38(61-24)59-14-26-30(50)36(64-40-34(54)32(52)29(49)25(13-45)62-40)35(55)39(63-26)58-8-7-42-41(65)43-15-1-4-18(21(9-15)37(56)57)27-19-5-2-16(46)10-22(19)60-23-11-17(47)3-6-20(23)27/h1-6,9-11,24-26,28-36,38-40,44-46,48-55H,7-8,12-14H2,(H,56,57)(H2,42,43,65)/t24-,25-,26-,28-,29-,30-,31+,32+,33+,34+,35+,36+,38+,39+,40-/m1/s1. The molecule has 5 aliphatic rings. The number of hydrogen-bond acceptors (Lipinski definition) is 21. The lowest BCUT2D eigenvalue weighted by molar-refractivity contribution is -0.365. The summed E-state index contributed by atoms with van der Waals surface area (Å²) in [6.07, 6.45) is -25.7. The molecule has 23 nitrogen and oxygen atoms in total. The number of aliphatic hydroxyl groups excluding tert-OH is 10. The van der Waals surface area contributed by atoms with Crippen molar-refractivity contribution in [2.75, 3.05) is 38.3 Å². The third kappa shape index (κ3) is 10.2. The van der Waals surface area contributed by atoms with Crippen LogP contribution >= 0.6 is 12.2 Å². The van der Waals surface area contributed by atoms with Gasteiger partial charge in [0.15, 0.2) is 29.4 Å². The summed E-state index contributed by atoms with van der Waals surface area (Å²) in [6, 6.07) is 12.9. The number of fused-ring (bicyclic) bond motifs is 2. The van der Waals surface area contributed by atoms with Crippen LogP contribution in [0.5, 0.6) is 5.75 Å². The third-order valence-electron chi connectivity index (χ3n) is 11.2. The van der Waals surface area contributed by atoms with E-state index >= 15 is 0 Å². The van der Waals surface area contributed by atoms with Crippen LogP contribution < -0.4 is 16.1 Å². The van der Waals surface area contributed by atoms with Gasteiger partial charge in [0.05, 0.1) is 32.0 Å². The maximum Gasteiger partial charge on any atom is 0.336 e. The minimum Gasteiger partial charge on any atom is -0.508 e. The lowest BCUT2D eigenvalue weighted by Crippen LogP contribution is -2.65. The highest BCUT2D eigenvalue weighted by atomic mass is 32.1. The fourth-order valence-electron chi connectivity index (χ4n) is 7.75. The first-order valence-electron chi connectivity index (χ1n) is 20.1. The second kappa shape index (κ2) is 20.5. The van der Waals surface area contributed by atoms with Crippen LogP contribution in [0, 0.1) is 0 Å². The number of aliphatic hydroxyl groups is 10. The summed E-state index contributed by atoms with van der Waals surface area (Å²) in [7, 11) is 0. The van der Waals surface area contributed by atoms with Crippen LogP contribution in [0.2, 0.25) is 0 Å². The Bertz CT molecular complexity index is 2330. The van der Waals surface area contributed by atoms with Gasteiger partial charge in [-0.25, -0.2) is 4.79 Å². The molecule has 0 amide bonds. The van der Waals surface area contributed by atoms with Crippen molar-refractivity contribution >= 4 is 40.0 Å². The quantitative estimate of drug-likeness (QED) is 0.0335. The molecule has 4 aliphatic heterocycles. The van der Waals surface area contributed by atoms with E-state index in [1.807, 2.05) is 0 Å². The lowest BCUT2D eigenvalue weighted by atomic mass is 9.90. The van der Waals surface area contributed by atoms with Crippen LogP contribution in [0.15, 0.2) is 63.8 Å². The van der Waals surface area contributed by atoms with Crippen LogP contribution in [0.1, 0.15) is 10.4 Å². The topological polar surface area (TPSA) is 369 Å². The Kier molecular flexibility index (Phi) is 15.3. The molecule has 24 heteroatoms. The average molecular weight is 937 g/mol. The smallest absolute Gasteiger partial charge is 0.336 e. The number of rotatable bonds is 14. The van der Waals surface area contributed by atoms with E-state index in [0.717, 1.165) is 0 Å². The van der Waals surface area contributed by atoms with Crippen molar-refractivity contribution < 1.29 is 98.9 Å². The van der Waals surface area contributed by atoms with E-state index in [-0.39, 0.29) is 57.6 Å². The molecule has 4 heterocycles. The number of anilines is 1. The number of phenols is 1. The zero-order valence-electron chi connectivity index (χ0n) is 33.8. The van der Waals surface area contributed by atoms with Gasteiger partial charge in [0.1, 0.15) is 90.3 Å². The van der Waals surface area contributed by atoms with Crippen molar-refractivity contribution in [3.8, 4) is 28.2 Å². The Morgan fingerprint density at radius 1 is 0.692 bits per heavy atom. The van der Waals surface area contributed by atoms with Gasteiger partial charge in [-0.1, -0.05) is 6.07 Å². The highest BCUT2D eigenvalue weighted by Gasteiger charge is 2.52. The number of carboxylic acids is 1. The van der Waals surface area contributed by atoms with Crippen LogP contribution in [-0.2, 0) is 28.4 Å². The maximum atomic E-state index is 12.7. The van der Waals surface area contributed by atoms with Gasteiger partial charge in [-0.3, -0.25) is 4.79 Å². The molecule has 2 aromatic carbocycles. The van der Waals surface area contributed by atoms with Crippen molar-refractivity contribution in [2.24, 2.45) is 0 Å². The van der Waals surface area contributed by atoms with Gasteiger partial charge in [-0.2, -0.15) is 0 Å². The molecule has 0 saturated carbocycles. The summed E-state index contributed by atoms with van der Waals surface area (Å²) in [5.74, 6) is -1.23. The summed E-state index contributed by atoms with van der Waals surface area (Å²) in [5, 5.41) is 130. The SMILES string of the molecule is O=C(O)c1cc(NC(=S)NCCO[C@H]2O[C@H](CO[C@H]3O[C@H](CO)[C@@H](O)[C@H](O)[C@@H]3O)[C@@H](O)[C@H](O[C@H]3O[C@H](CO)[C@@H](O)[C@H](O)[C@@H]3O)[C@@H]2O)ccc1-c1c2ccc(=O)cc-2oc2cc(O)ccc12. The highest BCUT2D eigenvalue weighted by molar-refractivity contribution is 7.80. The Labute approximate surface area is 372 Å². The van der Waals surface area contributed by atoms with E-state index in [1.165, 1.54) is 36.4 Å². The van der Waals surface area contributed by atoms with Gasteiger partial charge in [0, 0.05) is 40.9 Å². The number of benzene rings is 3. The van der Waals surface area contributed by atoms with E-state index in [9.17, 15) is 70.9 Å². The fraction of sp³-hybridized carbons (Fsp3) is 0.488. The van der Waals surface area contributed by atoms with Crippen molar-refractivity contribution in [1.82, 2.24) is 5.32 Å². The molecule has 65 heavy (non-hydrogen) atoms. The number of hydrogen-bond donors (Lipinski definition) is 14. The molecule has 0 bridgehead atoms. The van der Waals surface area contributed by atoms with Crippen LogP contribution in [-0.4, -0.2) is 197 Å². The first-order chi connectivity index (χ1) is 31.0. The summed E-state index contributed by atoms with van der Waals surface area (Å²) < 4.78 is 39.5. The largest absolute Gasteiger partial charge is 0.508 e. The number of aromatic carboxylic acids is 1. The highest BCUT2D eigenvalue weighted by Crippen LogP contribution is 2.42. The zero-order valence-corrected chi connectivity index (χ0v) is 34.7. The molecule has 3 fully saturated rings. The van der Waals surface area contributed by atoms with E-state index in [0.29, 0.717) is 16.5 Å². The molecular weight excluding hydrogens is 889 g/mol. The zero-order chi connectivity index (χ0) is 46.9. The van der Waals surface area contributed by atoms with Gasteiger partial charge >= 0.3 is 5.97 Å². The van der Waals surface area contributed by atoms with Crippen LogP contribution in [0.4, 0.5) is 5.69 Å². The van der Waals surface area contributed by atoms with Crippen molar-refractivity contribution in [2.45, 2.75) is 92.1 Å². The Morgan fingerprint density at radius 3 is 2.00 bits per heavy atom. The second-order valence-corrected chi connectivity index (χ2v) is 15.9. The average Bonchev–Trinajstić information content (AvgIpc) is 3.28. The molecular formula is C41H48N2O21S. The number of ether oxygens (including phenoxy) is 6. The Hall–Kier alpha value is -4.55. The van der Waals surface area contributed by atoms with Crippen LogP contribution in [0.25, 0.3) is 33.4 Å². The summed E-state index contributed by atoms with van der Waals surface area (Å²) in [4.78, 5) is 24.8. The van der Waals surface area contributed by atoms with E-state index < -0.39 is 118 Å². The van der Waals surface area contributed by atoms with E-state index in [2.05, 4.69) is 10.6 Å². The fourth-order valence-corrected chi connectivity index (χ4v) is 7.97.